The minimum atomic E-state index is -0.268. The molecule has 2 aromatic heterocycles. The van der Waals surface area contributed by atoms with Crippen LogP contribution in [-0.4, -0.2) is 28.8 Å². The number of aryl methyl sites for hydroxylation is 2. The van der Waals surface area contributed by atoms with Crippen LogP contribution in [0, 0.1) is 20.8 Å². The number of nitrogens with one attached hydrogen (secondary N) is 1. The van der Waals surface area contributed by atoms with Gasteiger partial charge in [0.05, 0.1) is 29.5 Å². The van der Waals surface area contributed by atoms with Crippen LogP contribution in [0.2, 0.25) is 5.02 Å². The molecule has 3 aromatic rings. The molecule has 7 nitrogen and oxygen atoms in total. The summed E-state index contributed by atoms with van der Waals surface area (Å²) in [6.07, 6.45) is 0.793. The molecule has 1 aromatic carbocycles. The summed E-state index contributed by atoms with van der Waals surface area (Å²) < 4.78 is 18.3. The Labute approximate surface area is 167 Å². The summed E-state index contributed by atoms with van der Waals surface area (Å²) in [5, 5.41) is 7.30. The average molecular weight is 402 g/mol. The Bertz CT molecular complexity index is 1050. The first kappa shape index (κ1) is 18.4. The number of carbonyl (C=O) groups excluding carboxylic acids is 1. The van der Waals surface area contributed by atoms with Crippen molar-refractivity contribution in [2.45, 2.75) is 27.2 Å². The molecule has 0 fully saturated rings. The van der Waals surface area contributed by atoms with Gasteiger partial charge in [0, 0.05) is 36.0 Å². The van der Waals surface area contributed by atoms with Gasteiger partial charge in [-0.1, -0.05) is 16.8 Å². The topological polar surface area (TPSA) is 78.5 Å². The van der Waals surface area contributed by atoms with E-state index >= 15 is 0 Å². The molecule has 4 rings (SSSR count). The van der Waals surface area contributed by atoms with Gasteiger partial charge in [-0.25, -0.2) is 0 Å². The first-order chi connectivity index (χ1) is 13.4. The standard InChI is InChI=1S/C20H20ClN3O4/c1-11-7-14(13(3)24(11)19-8-12(2)28-23-19)20(25)22-16-10-18-17(9-15(16)21)26-5-4-6-27-18/h7-10H,4-6H2,1-3H3,(H,22,25). The third-order valence-electron chi connectivity index (χ3n) is 4.61. The Morgan fingerprint density at radius 1 is 1.11 bits per heavy atom. The van der Waals surface area contributed by atoms with Crippen LogP contribution >= 0.6 is 11.6 Å². The van der Waals surface area contributed by atoms with Gasteiger partial charge in [0.15, 0.2) is 17.3 Å². The van der Waals surface area contributed by atoms with E-state index in [0.717, 1.165) is 17.8 Å². The van der Waals surface area contributed by atoms with Crippen molar-refractivity contribution in [3.8, 4) is 17.3 Å². The smallest absolute Gasteiger partial charge is 0.257 e. The van der Waals surface area contributed by atoms with Crippen molar-refractivity contribution >= 4 is 23.2 Å². The van der Waals surface area contributed by atoms with Crippen molar-refractivity contribution in [1.82, 2.24) is 9.72 Å². The molecule has 1 aliphatic rings. The van der Waals surface area contributed by atoms with E-state index in [-0.39, 0.29) is 5.91 Å². The number of nitrogens with zero attached hydrogens (tertiary/aromatic N) is 2. The number of fused-ring (bicyclic) bond motifs is 1. The second-order valence-electron chi connectivity index (χ2n) is 6.70. The summed E-state index contributed by atoms with van der Waals surface area (Å²) in [5.41, 5.74) is 2.63. The number of carbonyl (C=O) groups is 1. The van der Waals surface area contributed by atoms with Crippen LogP contribution in [-0.2, 0) is 0 Å². The third-order valence-corrected chi connectivity index (χ3v) is 4.92. The molecule has 0 aliphatic carbocycles. The lowest BCUT2D eigenvalue weighted by Crippen LogP contribution is -2.13. The summed E-state index contributed by atoms with van der Waals surface area (Å²) in [7, 11) is 0. The van der Waals surface area contributed by atoms with Gasteiger partial charge in [0.1, 0.15) is 5.76 Å². The van der Waals surface area contributed by atoms with Crippen LogP contribution in [0.15, 0.2) is 28.8 Å². The van der Waals surface area contributed by atoms with Crippen LogP contribution < -0.4 is 14.8 Å². The van der Waals surface area contributed by atoms with E-state index in [1.807, 2.05) is 37.5 Å². The Kier molecular flexibility index (Phi) is 4.77. The van der Waals surface area contributed by atoms with E-state index in [2.05, 4.69) is 10.5 Å². The van der Waals surface area contributed by atoms with Crippen LogP contribution in [0.5, 0.6) is 11.5 Å². The first-order valence-corrected chi connectivity index (χ1v) is 9.35. The van der Waals surface area contributed by atoms with Crippen molar-refractivity contribution in [2.24, 2.45) is 0 Å². The summed E-state index contributed by atoms with van der Waals surface area (Å²) in [4.78, 5) is 12.9. The number of hydrogen-bond acceptors (Lipinski definition) is 5. The summed E-state index contributed by atoms with van der Waals surface area (Å²) in [6, 6.07) is 6.99. The number of hydrogen-bond donors (Lipinski definition) is 1. The Morgan fingerprint density at radius 2 is 1.82 bits per heavy atom. The molecule has 0 spiro atoms. The number of aromatic nitrogens is 2. The van der Waals surface area contributed by atoms with Gasteiger partial charge in [-0.2, -0.15) is 0 Å². The zero-order chi connectivity index (χ0) is 19.8. The van der Waals surface area contributed by atoms with Crippen molar-refractivity contribution < 1.29 is 18.8 Å². The highest BCUT2D eigenvalue weighted by Gasteiger charge is 2.21. The van der Waals surface area contributed by atoms with Gasteiger partial charge >= 0.3 is 0 Å². The number of benzene rings is 1. The van der Waals surface area contributed by atoms with E-state index in [0.29, 0.717) is 52.6 Å². The molecule has 1 amide bonds. The second kappa shape index (κ2) is 7.24. The van der Waals surface area contributed by atoms with Crippen LogP contribution in [0.25, 0.3) is 5.82 Å². The monoisotopic (exact) mass is 401 g/mol. The Balaban J connectivity index is 1.64. The van der Waals surface area contributed by atoms with E-state index in [1.54, 1.807) is 12.1 Å². The van der Waals surface area contributed by atoms with Crippen molar-refractivity contribution in [1.29, 1.82) is 0 Å². The molecule has 146 valence electrons. The van der Waals surface area contributed by atoms with Gasteiger partial charge in [-0.05, 0) is 26.8 Å². The number of ether oxygens (including phenoxy) is 2. The molecule has 0 saturated carbocycles. The zero-order valence-corrected chi connectivity index (χ0v) is 16.6. The number of rotatable bonds is 3. The highest BCUT2D eigenvalue weighted by molar-refractivity contribution is 6.34. The molecule has 28 heavy (non-hydrogen) atoms. The van der Waals surface area contributed by atoms with Crippen LogP contribution in [0.3, 0.4) is 0 Å². The molecule has 0 bridgehead atoms. The zero-order valence-electron chi connectivity index (χ0n) is 15.8. The molecule has 0 unspecified atom stereocenters. The maximum absolute atomic E-state index is 12.9. The van der Waals surface area contributed by atoms with E-state index < -0.39 is 0 Å². The number of anilines is 1. The minimum Gasteiger partial charge on any atom is -0.490 e. The van der Waals surface area contributed by atoms with Gasteiger partial charge in [-0.15, -0.1) is 0 Å². The first-order valence-electron chi connectivity index (χ1n) is 8.97. The third kappa shape index (κ3) is 3.33. The Morgan fingerprint density at radius 3 is 2.50 bits per heavy atom. The van der Waals surface area contributed by atoms with Crippen LogP contribution in [0.1, 0.15) is 33.9 Å². The lowest BCUT2D eigenvalue weighted by molar-refractivity contribution is 0.102. The SMILES string of the molecule is Cc1cc(-n2c(C)cc(C(=O)Nc3cc4c(cc3Cl)OCCCO4)c2C)no1. The average Bonchev–Trinajstić information content (AvgIpc) is 3.10. The van der Waals surface area contributed by atoms with Gasteiger partial charge in [0.2, 0.25) is 0 Å². The Hall–Kier alpha value is -2.93. The van der Waals surface area contributed by atoms with Gasteiger partial charge < -0.3 is 19.3 Å². The second-order valence-corrected chi connectivity index (χ2v) is 7.11. The highest BCUT2D eigenvalue weighted by atomic mass is 35.5. The quantitative estimate of drug-likeness (QED) is 0.701. The van der Waals surface area contributed by atoms with Gasteiger partial charge in [-0.3, -0.25) is 9.36 Å². The molecule has 0 atom stereocenters. The molecule has 1 N–H and O–H groups in total. The lowest BCUT2D eigenvalue weighted by atomic mass is 10.2. The predicted octanol–water partition coefficient (Wildman–Crippen LogP) is 4.46. The fourth-order valence-corrected chi connectivity index (χ4v) is 3.47. The highest BCUT2D eigenvalue weighted by Crippen LogP contribution is 2.38. The van der Waals surface area contributed by atoms with E-state index in [1.165, 1.54) is 0 Å². The predicted molar refractivity (Wildman–Crippen MR) is 105 cm³/mol. The van der Waals surface area contributed by atoms with E-state index in [4.69, 9.17) is 25.6 Å². The lowest BCUT2D eigenvalue weighted by Gasteiger charge is -2.12. The summed E-state index contributed by atoms with van der Waals surface area (Å²) in [6.45, 7) is 6.73. The normalized spacial score (nSPS) is 13.3. The van der Waals surface area contributed by atoms with Crippen molar-refractivity contribution in [3.05, 3.63) is 52.0 Å². The van der Waals surface area contributed by atoms with E-state index in [9.17, 15) is 4.79 Å². The molecular formula is C20H20ClN3O4. The van der Waals surface area contributed by atoms with Gasteiger partial charge in [0.25, 0.3) is 5.91 Å². The number of halogens is 1. The fourth-order valence-electron chi connectivity index (χ4n) is 3.27. The van der Waals surface area contributed by atoms with Crippen molar-refractivity contribution in [2.75, 3.05) is 18.5 Å². The van der Waals surface area contributed by atoms with Crippen molar-refractivity contribution in [3.63, 3.8) is 0 Å². The fraction of sp³-hybridized carbons (Fsp3) is 0.300. The van der Waals surface area contributed by atoms with Crippen LogP contribution in [0.4, 0.5) is 5.69 Å². The largest absolute Gasteiger partial charge is 0.490 e. The molecule has 8 heteroatoms. The molecule has 0 saturated heterocycles. The summed E-state index contributed by atoms with van der Waals surface area (Å²) in [5.74, 6) is 2.23. The maximum Gasteiger partial charge on any atom is 0.257 e. The maximum atomic E-state index is 12.9. The summed E-state index contributed by atoms with van der Waals surface area (Å²) >= 11 is 6.34. The molecular weight excluding hydrogens is 382 g/mol. The number of amides is 1. The molecule has 1 aliphatic heterocycles. The molecule has 0 radical (unpaired) electrons. The molecule has 3 heterocycles. The minimum absolute atomic E-state index is 0.268.